The molecule has 1 N–H and O–H groups in total. The summed E-state index contributed by atoms with van der Waals surface area (Å²) in [5.74, 6) is 0.300. The molecule has 0 aliphatic carbocycles. The average molecular weight is 160 g/mol. The van der Waals surface area contributed by atoms with Gasteiger partial charge < -0.3 is 9.84 Å². The molecular formula is C9H20O2. The molecule has 0 aliphatic heterocycles. The molecule has 2 unspecified atom stereocenters. The van der Waals surface area contributed by atoms with Crippen LogP contribution in [0.4, 0.5) is 0 Å². The number of rotatable bonds is 5. The molecular weight excluding hydrogens is 140 g/mol. The molecule has 0 saturated carbocycles. The third-order valence-electron chi connectivity index (χ3n) is 2.27. The van der Waals surface area contributed by atoms with Gasteiger partial charge in [-0.3, -0.25) is 0 Å². The number of hydrogen-bond donors (Lipinski definition) is 1. The van der Waals surface area contributed by atoms with Crippen LogP contribution < -0.4 is 0 Å². The van der Waals surface area contributed by atoms with Crippen LogP contribution in [0.1, 0.15) is 34.1 Å². The molecule has 0 aromatic rings. The molecule has 2 nitrogen and oxygen atoms in total. The van der Waals surface area contributed by atoms with E-state index < -0.39 is 5.60 Å². The van der Waals surface area contributed by atoms with Gasteiger partial charge in [-0.2, -0.15) is 0 Å². The second-order valence-corrected chi connectivity index (χ2v) is 3.30. The molecule has 0 rings (SSSR count). The Bertz CT molecular complexity index is 99.7. The topological polar surface area (TPSA) is 29.5 Å². The Balaban J connectivity index is 3.77. The van der Waals surface area contributed by atoms with Crippen molar-refractivity contribution in [3.05, 3.63) is 0 Å². The fraction of sp³-hybridized carbons (Fsp3) is 1.00. The van der Waals surface area contributed by atoms with E-state index in [1.165, 1.54) is 0 Å². The molecule has 68 valence electrons. The predicted molar refractivity (Wildman–Crippen MR) is 46.6 cm³/mol. The first kappa shape index (κ1) is 10.9. The first-order chi connectivity index (χ1) is 5.04. The zero-order chi connectivity index (χ0) is 8.91. The van der Waals surface area contributed by atoms with E-state index in [0.717, 1.165) is 6.42 Å². The molecule has 2 atom stereocenters. The molecule has 0 bridgehead atoms. The van der Waals surface area contributed by atoms with Crippen molar-refractivity contribution >= 4 is 0 Å². The van der Waals surface area contributed by atoms with Gasteiger partial charge in [0.2, 0.25) is 0 Å². The maximum absolute atomic E-state index is 9.79. The van der Waals surface area contributed by atoms with Crippen LogP contribution in [0.5, 0.6) is 0 Å². The standard InChI is InChI=1S/C9H20O2/c1-5-8(3)9(4,10)7-11-6-2/h8,10H,5-7H2,1-4H3. The van der Waals surface area contributed by atoms with Crippen LogP contribution in [0.15, 0.2) is 0 Å². The first-order valence-corrected chi connectivity index (χ1v) is 4.34. The lowest BCUT2D eigenvalue weighted by Gasteiger charge is -2.28. The first-order valence-electron chi connectivity index (χ1n) is 4.34. The Morgan fingerprint density at radius 2 is 2.00 bits per heavy atom. The van der Waals surface area contributed by atoms with Crippen LogP contribution in [0, 0.1) is 5.92 Å². The number of aliphatic hydroxyl groups is 1. The van der Waals surface area contributed by atoms with Crippen molar-refractivity contribution in [1.82, 2.24) is 0 Å². The van der Waals surface area contributed by atoms with Crippen LogP contribution in [0.25, 0.3) is 0 Å². The normalized spacial score (nSPS) is 19.4. The summed E-state index contributed by atoms with van der Waals surface area (Å²) in [6, 6.07) is 0. The summed E-state index contributed by atoms with van der Waals surface area (Å²) in [5, 5.41) is 9.79. The van der Waals surface area contributed by atoms with E-state index in [4.69, 9.17) is 4.74 Å². The quantitative estimate of drug-likeness (QED) is 0.664. The lowest BCUT2D eigenvalue weighted by molar-refractivity contribution is -0.0658. The van der Waals surface area contributed by atoms with E-state index in [1.54, 1.807) is 0 Å². The lowest BCUT2D eigenvalue weighted by atomic mass is 9.89. The largest absolute Gasteiger partial charge is 0.387 e. The molecule has 0 heterocycles. The molecule has 0 amide bonds. The Morgan fingerprint density at radius 1 is 1.45 bits per heavy atom. The van der Waals surface area contributed by atoms with Crippen molar-refractivity contribution in [2.45, 2.75) is 39.7 Å². The summed E-state index contributed by atoms with van der Waals surface area (Å²) in [7, 11) is 0. The Morgan fingerprint density at radius 3 is 2.36 bits per heavy atom. The van der Waals surface area contributed by atoms with Gasteiger partial charge in [0, 0.05) is 6.61 Å². The van der Waals surface area contributed by atoms with Gasteiger partial charge in [-0.1, -0.05) is 20.3 Å². The van der Waals surface area contributed by atoms with Gasteiger partial charge in [-0.25, -0.2) is 0 Å². The van der Waals surface area contributed by atoms with Crippen molar-refractivity contribution in [3.8, 4) is 0 Å². The van der Waals surface area contributed by atoms with Crippen molar-refractivity contribution < 1.29 is 9.84 Å². The summed E-state index contributed by atoms with van der Waals surface area (Å²) in [6.45, 7) is 9.00. The summed E-state index contributed by atoms with van der Waals surface area (Å²) in [6.07, 6.45) is 0.986. The third kappa shape index (κ3) is 3.73. The van der Waals surface area contributed by atoms with Crippen LogP contribution >= 0.6 is 0 Å². The minimum absolute atomic E-state index is 0.300. The maximum Gasteiger partial charge on any atom is 0.0877 e. The van der Waals surface area contributed by atoms with Gasteiger partial charge in [0.15, 0.2) is 0 Å². The van der Waals surface area contributed by atoms with Crippen molar-refractivity contribution in [2.24, 2.45) is 5.92 Å². The van der Waals surface area contributed by atoms with Crippen molar-refractivity contribution in [2.75, 3.05) is 13.2 Å². The van der Waals surface area contributed by atoms with Crippen LogP contribution in [0.3, 0.4) is 0 Å². The van der Waals surface area contributed by atoms with Gasteiger partial charge in [0.1, 0.15) is 0 Å². The van der Waals surface area contributed by atoms with Crippen LogP contribution in [-0.4, -0.2) is 23.9 Å². The Hall–Kier alpha value is -0.0800. The average Bonchev–Trinajstić information content (AvgIpc) is 1.99. The molecule has 0 aromatic carbocycles. The highest BCUT2D eigenvalue weighted by atomic mass is 16.5. The minimum atomic E-state index is -0.662. The molecule has 2 heteroatoms. The predicted octanol–water partition coefficient (Wildman–Crippen LogP) is 1.82. The SMILES string of the molecule is CCOCC(C)(O)C(C)CC. The van der Waals surface area contributed by atoms with Gasteiger partial charge in [-0.05, 0) is 19.8 Å². The highest BCUT2D eigenvalue weighted by molar-refractivity contribution is 4.77. The van der Waals surface area contributed by atoms with E-state index >= 15 is 0 Å². The highest BCUT2D eigenvalue weighted by Gasteiger charge is 2.26. The van der Waals surface area contributed by atoms with Crippen molar-refractivity contribution in [3.63, 3.8) is 0 Å². The Labute approximate surface area is 69.6 Å². The molecule has 0 radical (unpaired) electrons. The highest BCUT2D eigenvalue weighted by Crippen LogP contribution is 2.19. The molecule has 0 aromatic heterocycles. The number of ether oxygens (including phenoxy) is 1. The lowest BCUT2D eigenvalue weighted by Crippen LogP contribution is -2.37. The van der Waals surface area contributed by atoms with E-state index in [0.29, 0.717) is 19.1 Å². The van der Waals surface area contributed by atoms with Gasteiger partial charge in [0.25, 0.3) is 0 Å². The van der Waals surface area contributed by atoms with Crippen LogP contribution in [0.2, 0.25) is 0 Å². The molecule has 0 fully saturated rings. The monoisotopic (exact) mass is 160 g/mol. The molecule has 11 heavy (non-hydrogen) atoms. The van der Waals surface area contributed by atoms with Gasteiger partial charge in [0.05, 0.1) is 12.2 Å². The second-order valence-electron chi connectivity index (χ2n) is 3.30. The molecule has 0 saturated heterocycles. The van der Waals surface area contributed by atoms with Gasteiger partial charge in [-0.15, -0.1) is 0 Å². The molecule has 0 aliphatic rings. The third-order valence-corrected chi connectivity index (χ3v) is 2.27. The van der Waals surface area contributed by atoms with E-state index in [9.17, 15) is 5.11 Å². The van der Waals surface area contributed by atoms with Crippen molar-refractivity contribution in [1.29, 1.82) is 0 Å². The smallest absolute Gasteiger partial charge is 0.0877 e. The second kappa shape index (κ2) is 4.73. The number of hydrogen-bond acceptors (Lipinski definition) is 2. The van der Waals surface area contributed by atoms with E-state index in [1.807, 2.05) is 20.8 Å². The maximum atomic E-state index is 9.79. The summed E-state index contributed by atoms with van der Waals surface area (Å²) in [4.78, 5) is 0. The minimum Gasteiger partial charge on any atom is -0.387 e. The van der Waals surface area contributed by atoms with E-state index in [-0.39, 0.29) is 0 Å². The molecule has 0 spiro atoms. The zero-order valence-electron chi connectivity index (χ0n) is 8.05. The summed E-state index contributed by atoms with van der Waals surface area (Å²) < 4.78 is 5.17. The summed E-state index contributed by atoms with van der Waals surface area (Å²) >= 11 is 0. The fourth-order valence-corrected chi connectivity index (χ4v) is 0.891. The zero-order valence-corrected chi connectivity index (χ0v) is 8.05. The van der Waals surface area contributed by atoms with Crippen LogP contribution in [-0.2, 0) is 4.74 Å². The van der Waals surface area contributed by atoms with E-state index in [2.05, 4.69) is 6.92 Å². The summed E-state index contributed by atoms with van der Waals surface area (Å²) in [5.41, 5.74) is -0.662. The Kier molecular flexibility index (Phi) is 4.69. The fourth-order valence-electron chi connectivity index (χ4n) is 0.891. The van der Waals surface area contributed by atoms with Gasteiger partial charge >= 0.3 is 0 Å².